The third-order valence-corrected chi connectivity index (χ3v) is 9.38. The van der Waals surface area contributed by atoms with Crippen LogP contribution >= 0.6 is 0 Å². The Hall–Kier alpha value is -2.29. The number of phenolic OH excluding ortho intramolecular Hbond substituents is 1. The van der Waals surface area contributed by atoms with E-state index in [1.54, 1.807) is 12.1 Å². The van der Waals surface area contributed by atoms with Crippen LogP contribution in [0.2, 0.25) is 0 Å². The highest BCUT2D eigenvalue weighted by Gasteiger charge is 2.29. The van der Waals surface area contributed by atoms with Gasteiger partial charge in [0.25, 0.3) is 0 Å². The van der Waals surface area contributed by atoms with Crippen molar-refractivity contribution in [1.82, 2.24) is 0 Å². The summed E-state index contributed by atoms with van der Waals surface area (Å²) in [6, 6.07) is 12.8. The van der Waals surface area contributed by atoms with Gasteiger partial charge in [0.05, 0.1) is 5.56 Å². The molecule has 3 nitrogen and oxygen atoms in total. The van der Waals surface area contributed by atoms with E-state index in [1.165, 1.54) is 126 Å². The van der Waals surface area contributed by atoms with Crippen LogP contribution in [0.4, 0.5) is 0 Å². The first-order valence-corrected chi connectivity index (χ1v) is 15.7. The molecule has 2 aromatic rings. The number of aromatic hydroxyl groups is 1. The fourth-order valence-corrected chi connectivity index (χ4v) is 7.00. The number of unbranched alkanes of at least 4 members (excludes halogenated alkanes) is 4. The summed E-state index contributed by atoms with van der Waals surface area (Å²) in [5, 5.41) is 9.56. The maximum absolute atomic E-state index is 12.8. The Morgan fingerprint density at radius 1 is 0.711 bits per heavy atom. The molecule has 0 unspecified atom stereocenters. The number of hydrogen-bond acceptors (Lipinski definition) is 3. The molecule has 0 atom stereocenters. The van der Waals surface area contributed by atoms with Crippen LogP contribution < -0.4 is 4.74 Å². The quantitative estimate of drug-likeness (QED) is 0.173. The van der Waals surface area contributed by atoms with Gasteiger partial charge in [0.1, 0.15) is 11.5 Å². The molecule has 0 radical (unpaired) electrons. The molecule has 2 fully saturated rings. The molecule has 2 aliphatic carbocycles. The number of phenols is 1. The predicted octanol–water partition coefficient (Wildman–Crippen LogP) is 10.3. The van der Waals surface area contributed by atoms with Crippen molar-refractivity contribution in [3.63, 3.8) is 0 Å². The summed E-state index contributed by atoms with van der Waals surface area (Å²) in [7, 11) is 0. The lowest BCUT2D eigenvalue weighted by Gasteiger charge is -2.34. The Balaban J connectivity index is 1.47. The number of carbonyl (C=O) groups is 1. The summed E-state index contributed by atoms with van der Waals surface area (Å²) in [5.41, 5.74) is 3.43. The minimum absolute atomic E-state index is 0.151. The summed E-state index contributed by atoms with van der Waals surface area (Å²) in [6.45, 7) is 4.58. The summed E-state index contributed by atoms with van der Waals surface area (Å²) >= 11 is 0. The number of carbonyl (C=O) groups excluding carboxylic acids is 1. The maximum Gasteiger partial charge on any atom is 0.343 e. The van der Waals surface area contributed by atoms with Crippen LogP contribution in [0.25, 0.3) is 0 Å². The van der Waals surface area contributed by atoms with E-state index >= 15 is 0 Å². The molecule has 0 aliphatic heterocycles. The Bertz CT molecular complexity index is 979. The first-order valence-electron chi connectivity index (χ1n) is 15.7. The Morgan fingerprint density at radius 2 is 1.24 bits per heavy atom. The molecule has 208 valence electrons. The van der Waals surface area contributed by atoms with Crippen molar-refractivity contribution < 1.29 is 14.6 Å². The second-order valence-corrected chi connectivity index (χ2v) is 12.2. The Labute approximate surface area is 231 Å². The molecular formula is C35H50O3. The minimum atomic E-state index is -0.365. The van der Waals surface area contributed by atoms with Crippen LogP contribution in [-0.2, 0) is 0 Å². The molecule has 4 rings (SSSR count). The van der Waals surface area contributed by atoms with E-state index in [1.807, 2.05) is 6.07 Å². The monoisotopic (exact) mass is 518 g/mol. The molecule has 0 saturated heterocycles. The number of benzene rings is 2. The molecule has 2 aliphatic rings. The van der Waals surface area contributed by atoms with Gasteiger partial charge in [-0.15, -0.1) is 0 Å². The second kappa shape index (κ2) is 14.8. The van der Waals surface area contributed by atoms with Crippen LogP contribution in [0.15, 0.2) is 42.5 Å². The third kappa shape index (κ3) is 8.10. The van der Waals surface area contributed by atoms with Gasteiger partial charge in [-0.1, -0.05) is 71.3 Å². The van der Waals surface area contributed by atoms with Crippen molar-refractivity contribution in [1.29, 1.82) is 0 Å². The first-order chi connectivity index (χ1) is 18.6. The van der Waals surface area contributed by atoms with Crippen molar-refractivity contribution in [2.24, 2.45) is 11.8 Å². The van der Waals surface area contributed by atoms with Crippen molar-refractivity contribution in [3.05, 3.63) is 59.2 Å². The van der Waals surface area contributed by atoms with E-state index < -0.39 is 0 Å². The summed E-state index contributed by atoms with van der Waals surface area (Å²) in [4.78, 5) is 12.8. The zero-order valence-corrected chi connectivity index (χ0v) is 23.9. The van der Waals surface area contributed by atoms with E-state index in [2.05, 4.69) is 26.0 Å². The van der Waals surface area contributed by atoms with Crippen LogP contribution in [0.3, 0.4) is 0 Å². The van der Waals surface area contributed by atoms with Gasteiger partial charge in [0.2, 0.25) is 0 Å². The molecule has 2 aromatic carbocycles. The molecule has 3 heteroatoms. The molecule has 0 bridgehead atoms. The number of ether oxygens (including phenoxy) is 1. The number of esters is 1. The molecule has 0 amide bonds. The van der Waals surface area contributed by atoms with Gasteiger partial charge in [-0.25, -0.2) is 4.79 Å². The largest absolute Gasteiger partial charge is 0.508 e. The van der Waals surface area contributed by atoms with E-state index in [-0.39, 0.29) is 11.7 Å². The minimum Gasteiger partial charge on any atom is -0.508 e. The third-order valence-electron chi connectivity index (χ3n) is 9.38. The van der Waals surface area contributed by atoms with Crippen molar-refractivity contribution in [2.45, 2.75) is 128 Å². The lowest BCUT2D eigenvalue weighted by molar-refractivity contribution is 0.0734. The van der Waals surface area contributed by atoms with Gasteiger partial charge in [-0.2, -0.15) is 0 Å². The lowest BCUT2D eigenvalue weighted by Crippen LogP contribution is -2.18. The van der Waals surface area contributed by atoms with E-state index in [0.29, 0.717) is 23.1 Å². The zero-order valence-electron chi connectivity index (χ0n) is 23.9. The van der Waals surface area contributed by atoms with Gasteiger partial charge in [0, 0.05) is 0 Å². The Kier molecular flexibility index (Phi) is 11.1. The highest BCUT2D eigenvalue weighted by Crippen LogP contribution is 2.45. The van der Waals surface area contributed by atoms with E-state index in [0.717, 1.165) is 11.8 Å². The molecule has 1 N–H and O–H groups in total. The second-order valence-electron chi connectivity index (χ2n) is 12.2. The van der Waals surface area contributed by atoms with Gasteiger partial charge in [0.15, 0.2) is 0 Å². The standard InChI is InChI=1S/C35H50O3/c1-3-5-7-9-26-11-15-28(16-12-26)33-24-23-32(38-35(37)30-19-21-31(36)22-20-30)25-34(33)29-17-13-27(14-18-29)10-8-6-4-2/h19-29,36H,3-18H2,1-2H3. The lowest BCUT2D eigenvalue weighted by atomic mass is 9.71. The van der Waals surface area contributed by atoms with Crippen LogP contribution in [0.1, 0.15) is 150 Å². The van der Waals surface area contributed by atoms with Crippen molar-refractivity contribution >= 4 is 5.97 Å². The van der Waals surface area contributed by atoms with Crippen LogP contribution in [0, 0.1) is 11.8 Å². The van der Waals surface area contributed by atoms with Gasteiger partial charge < -0.3 is 9.84 Å². The Morgan fingerprint density at radius 3 is 1.76 bits per heavy atom. The smallest absolute Gasteiger partial charge is 0.343 e. The average molecular weight is 519 g/mol. The van der Waals surface area contributed by atoms with Gasteiger partial charge in [-0.3, -0.25) is 0 Å². The highest BCUT2D eigenvalue weighted by atomic mass is 16.5. The highest BCUT2D eigenvalue weighted by molar-refractivity contribution is 5.91. The van der Waals surface area contributed by atoms with E-state index in [9.17, 15) is 9.90 Å². The van der Waals surface area contributed by atoms with Gasteiger partial charge in [-0.05, 0) is 123 Å². The molecule has 0 heterocycles. The molecule has 38 heavy (non-hydrogen) atoms. The SMILES string of the molecule is CCCCCC1CCC(c2ccc(OC(=O)c3ccc(O)cc3)cc2C2CCC(CCCCC)CC2)CC1. The normalized spacial score (nSPS) is 23.7. The molecule has 0 aromatic heterocycles. The summed E-state index contributed by atoms with van der Waals surface area (Å²) in [5.74, 6) is 3.44. The van der Waals surface area contributed by atoms with E-state index in [4.69, 9.17) is 4.74 Å². The number of rotatable bonds is 12. The zero-order chi connectivity index (χ0) is 26.7. The first kappa shape index (κ1) is 28.7. The molecular weight excluding hydrogens is 468 g/mol. The predicted molar refractivity (Wildman–Crippen MR) is 157 cm³/mol. The fraction of sp³-hybridized carbons (Fsp3) is 0.629. The number of hydrogen-bond donors (Lipinski definition) is 1. The molecule has 2 saturated carbocycles. The van der Waals surface area contributed by atoms with Crippen molar-refractivity contribution in [3.8, 4) is 11.5 Å². The van der Waals surface area contributed by atoms with Crippen LogP contribution in [0.5, 0.6) is 11.5 Å². The fourth-order valence-electron chi connectivity index (χ4n) is 7.00. The van der Waals surface area contributed by atoms with Crippen LogP contribution in [-0.4, -0.2) is 11.1 Å². The summed E-state index contributed by atoms with van der Waals surface area (Å²) in [6.07, 6.45) is 21.4. The van der Waals surface area contributed by atoms with Gasteiger partial charge >= 0.3 is 5.97 Å². The van der Waals surface area contributed by atoms with Crippen molar-refractivity contribution in [2.75, 3.05) is 0 Å². The maximum atomic E-state index is 12.8. The average Bonchev–Trinajstić information content (AvgIpc) is 2.94. The topological polar surface area (TPSA) is 46.5 Å². The summed E-state index contributed by atoms with van der Waals surface area (Å²) < 4.78 is 5.85. The molecule has 0 spiro atoms.